The van der Waals surface area contributed by atoms with Crippen LogP contribution in [-0.4, -0.2) is 12.3 Å². The van der Waals surface area contributed by atoms with E-state index in [2.05, 4.69) is 18.3 Å². The minimum atomic E-state index is -4.33. The molecule has 0 radical (unpaired) electrons. The minimum absolute atomic E-state index is 0.0864. The molecule has 0 unspecified atom stereocenters. The van der Waals surface area contributed by atoms with Crippen molar-refractivity contribution in [2.45, 2.75) is 54.8 Å². The van der Waals surface area contributed by atoms with Crippen molar-refractivity contribution in [1.29, 1.82) is 0 Å². The molecule has 0 saturated carbocycles. The van der Waals surface area contributed by atoms with Gasteiger partial charge in [-0.3, -0.25) is 5.82 Å². The van der Waals surface area contributed by atoms with Crippen LogP contribution in [0.2, 0.25) is 6.32 Å². The second-order valence-corrected chi connectivity index (χ2v) is 14.7. The molecule has 0 aliphatic heterocycles. The monoisotopic (exact) mass is 707 g/mol. The Hall–Kier alpha value is -4.03. The van der Waals surface area contributed by atoms with Crippen LogP contribution < -0.4 is 21.5 Å². The molecule has 0 N–H and O–H groups in total. The molecule has 12 heteroatoms. The number of benzene rings is 4. The SMILES string of the molecule is C=C(C)C#C[B-](CCP(c1c(C)cc(C)cc1C)c1c(C)cc(C)cc1C)(c1c(F)c(F)c(F)c(F)c1F)c1c(F)c(F)c(F)c(F)c1F. The summed E-state index contributed by atoms with van der Waals surface area (Å²) in [7, 11) is -1.70. The normalized spacial score (nSPS) is 11.6. The lowest BCUT2D eigenvalue weighted by Gasteiger charge is -2.40. The van der Waals surface area contributed by atoms with Gasteiger partial charge in [0.1, 0.15) is 29.4 Å². The van der Waals surface area contributed by atoms with Gasteiger partial charge in [-0.05, 0) is 94.8 Å². The second kappa shape index (κ2) is 14.1. The van der Waals surface area contributed by atoms with Gasteiger partial charge in [0.2, 0.25) is 0 Å². The number of hydrogen-bond donors (Lipinski definition) is 0. The summed E-state index contributed by atoms with van der Waals surface area (Å²) in [6.07, 6.45) is -5.50. The highest BCUT2D eigenvalue weighted by atomic mass is 31.1. The molecule has 4 aromatic carbocycles. The van der Waals surface area contributed by atoms with Crippen LogP contribution in [0.3, 0.4) is 0 Å². The Bertz CT molecular complexity index is 1860. The lowest BCUT2D eigenvalue weighted by molar-refractivity contribution is 0.381. The third-order valence-electron chi connectivity index (χ3n) is 8.60. The fourth-order valence-corrected chi connectivity index (χ4v) is 10.1. The first-order chi connectivity index (χ1) is 22.8. The Balaban J connectivity index is 2.23. The lowest BCUT2D eigenvalue weighted by Crippen LogP contribution is -2.64. The average Bonchev–Trinajstić information content (AvgIpc) is 3.01. The molecule has 0 spiro atoms. The zero-order valence-electron chi connectivity index (χ0n) is 27.7. The second-order valence-electron chi connectivity index (χ2n) is 12.5. The predicted molar refractivity (Wildman–Crippen MR) is 177 cm³/mol. The van der Waals surface area contributed by atoms with E-state index >= 15 is 17.6 Å². The van der Waals surface area contributed by atoms with E-state index in [1.807, 2.05) is 65.8 Å². The van der Waals surface area contributed by atoms with Gasteiger partial charge in [0.25, 0.3) is 0 Å². The van der Waals surface area contributed by atoms with Gasteiger partial charge in [0.15, 0.2) is 34.9 Å². The van der Waals surface area contributed by atoms with Gasteiger partial charge in [0.05, 0.1) is 0 Å². The summed E-state index contributed by atoms with van der Waals surface area (Å²) in [5.74, 6) is -20.5. The van der Waals surface area contributed by atoms with E-state index in [4.69, 9.17) is 0 Å². The van der Waals surface area contributed by atoms with Crippen LogP contribution in [0, 0.1) is 111 Å². The van der Waals surface area contributed by atoms with Gasteiger partial charge in [-0.2, -0.15) is 6.32 Å². The van der Waals surface area contributed by atoms with E-state index in [1.165, 1.54) is 6.92 Å². The van der Waals surface area contributed by atoms with Crippen molar-refractivity contribution in [2.24, 2.45) is 0 Å². The summed E-state index contributed by atoms with van der Waals surface area (Å²) >= 11 is 0. The molecule has 0 aliphatic carbocycles. The molecule has 4 rings (SSSR count). The van der Waals surface area contributed by atoms with Gasteiger partial charge >= 0.3 is 0 Å². The topological polar surface area (TPSA) is 0 Å². The van der Waals surface area contributed by atoms with Crippen molar-refractivity contribution in [2.75, 3.05) is 6.16 Å². The summed E-state index contributed by atoms with van der Waals surface area (Å²) in [5.41, 5.74) is 1.25. The Labute approximate surface area is 279 Å². The Morgan fingerprint density at radius 3 is 1.12 bits per heavy atom. The maximum atomic E-state index is 15.9. The first-order valence-corrected chi connectivity index (χ1v) is 16.6. The first kappa shape index (κ1) is 37.8. The number of halogens is 10. The molecule has 0 nitrogen and oxygen atoms in total. The van der Waals surface area contributed by atoms with Crippen LogP contribution in [0.15, 0.2) is 36.4 Å². The Morgan fingerprint density at radius 2 is 0.837 bits per heavy atom. The molecule has 49 heavy (non-hydrogen) atoms. The smallest absolute Gasteiger partial charge is 0.200 e. The first-order valence-electron chi connectivity index (χ1n) is 15.1. The van der Waals surface area contributed by atoms with Crippen LogP contribution in [-0.2, 0) is 0 Å². The van der Waals surface area contributed by atoms with Gasteiger partial charge in [-0.15, -0.1) is 16.8 Å². The summed E-state index contributed by atoms with van der Waals surface area (Å²) in [4.78, 5) is 0. The molecule has 0 aromatic heterocycles. The number of hydrogen-bond acceptors (Lipinski definition) is 0. The highest BCUT2D eigenvalue weighted by molar-refractivity contribution is 7.73. The highest BCUT2D eigenvalue weighted by Crippen LogP contribution is 2.42. The minimum Gasteiger partial charge on any atom is -0.298 e. The predicted octanol–water partition coefficient (Wildman–Crippen LogP) is 8.74. The largest absolute Gasteiger partial charge is 0.298 e. The summed E-state index contributed by atoms with van der Waals surface area (Å²) < 4.78 is 152. The van der Waals surface area contributed by atoms with E-state index in [9.17, 15) is 26.3 Å². The van der Waals surface area contributed by atoms with Crippen molar-refractivity contribution < 1.29 is 43.9 Å². The summed E-state index contributed by atoms with van der Waals surface area (Å²) in [6, 6.07) is 7.52. The lowest BCUT2D eigenvalue weighted by atomic mass is 9.17. The average molecular weight is 707 g/mol. The zero-order chi connectivity index (χ0) is 36.9. The van der Waals surface area contributed by atoms with Gasteiger partial charge in [0, 0.05) is 0 Å². The van der Waals surface area contributed by atoms with Crippen LogP contribution in [0.5, 0.6) is 0 Å². The number of rotatable bonds is 7. The fraction of sp³-hybridized carbons (Fsp3) is 0.243. The molecular formula is C37H31BF10P-. The standard InChI is InChI=1S/C37H31BF10P/c1-17(2)9-10-38(24-26(39)30(43)34(47)31(44)27(24)40,25-28(41)32(45)35(48)33(46)29(25)42)11-12-49(36-20(5)13-18(3)14-21(36)6)37-22(7)15-19(4)16-23(37)8/h13-16H,1,11-12H2,2-8H3/q-1. The van der Waals surface area contributed by atoms with E-state index in [-0.39, 0.29) is 11.7 Å². The molecule has 0 amide bonds. The Morgan fingerprint density at radius 1 is 0.551 bits per heavy atom. The molecular weight excluding hydrogens is 676 g/mol. The molecule has 0 heterocycles. The number of aryl methyl sites for hydroxylation is 6. The fourth-order valence-electron chi connectivity index (χ4n) is 6.86. The van der Waals surface area contributed by atoms with Crippen molar-refractivity contribution in [1.82, 2.24) is 0 Å². The summed E-state index contributed by atoms with van der Waals surface area (Å²) in [5, 5.41) is 1.51. The molecule has 0 fully saturated rings. The third kappa shape index (κ3) is 6.65. The molecule has 0 bridgehead atoms. The van der Waals surface area contributed by atoms with E-state index in [0.717, 1.165) is 44.0 Å². The van der Waals surface area contributed by atoms with Crippen LogP contribution in [0.4, 0.5) is 43.9 Å². The molecule has 0 atom stereocenters. The van der Waals surface area contributed by atoms with Crippen molar-refractivity contribution in [3.8, 4) is 11.7 Å². The summed E-state index contributed by atoms with van der Waals surface area (Å²) in [6.45, 7) is 15.8. The van der Waals surface area contributed by atoms with Crippen LogP contribution in [0.1, 0.15) is 40.3 Å². The Kier molecular flexibility index (Phi) is 10.9. The molecule has 4 aromatic rings. The maximum Gasteiger partial charge on any atom is 0.200 e. The quantitative estimate of drug-likeness (QED) is 0.0451. The van der Waals surface area contributed by atoms with Gasteiger partial charge in [-0.25, -0.2) is 43.9 Å². The van der Waals surface area contributed by atoms with Crippen LogP contribution in [0.25, 0.3) is 0 Å². The van der Waals surface area contributed by atoms with Crippen molar-refractivity contribution >= 4 is 35.6 Å². The molecule has 0 saturated heterocycles. The zero-order valence-corrected chi connectivity index (χ0v) is 28.6. The van der Waals surface area contributed by atoms with E-state index < -0.39 is 89.5 Å². The number of allylic oxidation sites excluding steroid dienone is 1. The maximum absolute atomic E-state index is 15.9. The van der Waals surface area contributed by atoms with Crippen LogP contribution >= 0.6 is 7.92 Å². The molecule has 258 valence electrons. The van der Waals surface area contributed by atoms with E-state index in [1.54, 1.807) is 0 Å². The van der Waals surface area contributed by atoms with Gasteiger partial charge < -0.3 is 0 Å². The van der Waals surface area contributed by atoms with E-state index in [0.29, 0.717) is 0 Å². The van der Waals surface area contributed by atoms with Crippen molar-refractivity contribution in [3.63, 3.8) is 0 Å². The highest BCUT2D eigenvalue weighted by Gasteiger charge is 2.43. The third-order valence-corrected chi connectivity index (χ3v) is 11.8. The van der Waals surface area contributed by atoms with Crippen molar-refractivity contribution in [3.05, 3.63) is 128 Å². The van der Waals surface area contributed by atoms with Gasteiger partial charge in [-0.1, -0.05) is 48.1 Å². The molecule has 0 aliphatic rings.